The van der Waals surface area contributed by atoms with Gasteiger partial charge in [0.2, 0.25) is 5.91 Å². The average Bonchev–Trinajstić information content (AvgIpc) is 2.35. The second-order valence-corrected chi connectivity index (χ2v) is 5.29. The van der Waals surface area contributed by atoms with Crippen molar-refractivity contribution in [1.29, 1.82) is 0 Å². The zero-order valence-electron chi connectivity index (χ0n) is 11.4. The number of rotatable bonds is 5. The van der Waals surface area contributed by atoms with Crippen LogP contribution in [-0.4, -0.2) is 29.6 Å². The summed E-state index contributed by atoms with van der Waals surface area (Å²) >= 11 is 0. The first-order chi connectivity index (χ1) is 8.74. The SMILES string of the molecule is Cc1cccc(C(C)(C)CNC(=O)C(N)C(=O)O)c1. The van der Waals surface area contributed by atoms with E-state index in [1.165, 1.54) is 0 Å². The van der Waals surface area contributed by atoms with Crippen LogP contribution in [0.4, 0.5) is 0 Å². The van der Waals surface area contributed by atoms with E-state index < -0.39 is 17.9 Å². The zero-order valence-corrected chi connectivity index (χ0v) is 11.4. The lowest BCUT2D eigenvalue weighted by Gasteiger charge is -2.26. The van der Waals surface area contributed by atoms with Gasteiger partial charge in [-0.15, -0.1) is 0 Å². The van der Waals surface area contributed by atoms with Crippen LogP contribution < -0.4 is 11.1 Å². The van der Waals surface area contributed by atoms with Crippen LogP contribution in [0.2, 0.25) is 0 Å². The molecular weight excluding hydrogens is 244 g/mol. The maximum Gasteiger partial charge on any atom is 0.330 e. The molecule has 0 aliphatic rings. The van der Waals surface area contributed by atoms with Crippen LogP contribution in [0.15, 0.2) is 24.3 Å². The molecule has 1 aromatic carbocycles. The summed E-state index contributed by atoms with van der Waals surface area (Å²) in [6, 6.07) is 6.46. The quantitative estimate of drug-likeness (QED) is 0.686. The van der Waals surface area contributed by atoms with Crippen molar-refractivity contribution in [3.63, 3.8) is 0 Å². The van der Waals surface area contributed by atoms with Gasteiger partial charge in [-0.3, -0.25) is 4.79 Å². The fourth-order valence-electron chi connectivity index (χ4n) is 1.70. The fourth-order valence-corrected chi connectivity index (χ4v) is 1.70. The van der Waals surface area contributed by atoms with E-state index in [-0.39, 0.29) is 5.41 Å². The lowest BCUT2D eigenvalue weighted by atomic mass is 9.84. The first-order valence-corrected chi connectivity index (χ1v) is 6.07. The van der Waals surface area contributed by atoms with E-state index in [2.05, 4.69) is 5.32 Å². The Morgan fingerprint density at radius 2 is 2.05 bits per heavy atom. The second kappa shape index (κ2) is 5.84. The van der Waals surface area contributed by atoms with Gasteiger partial charge in [-0.2, -0.15) is 0 Å². The Hall–Kier alpha value is -1.88. The van der Waals surface area contributed by atoms with Crippen molar-refractivity contribution in [3.05, 3.63) is 35.4 Å². The number of carbonyl (C=O) groups is 2. The molecule has 104 valence electrons. The third-order valence-electron chi connectivity index (χ3n) is 3.05. The lowest BCUT2D eigenvalue weighted by molar-refractivity contribution is -0.142. The monoisotopic (exact) mass is 264 g/mol. The van der Waals surface area contributed by atoms with Gasteiger partial charge in [0.05, 0.1) is 0 Å². The molecule has 1 atom stereocenters. The van der Waals surface area contributed by atoms with E-state index in [4.69, 9.17) is 10.8 Å². The Balaban J connectivity index is 2.70. The van der Waals surface area contributed by atoms with Gasteiger partial charge in [-0.05, 0) is 12.5 Å². The van der Waals surface area contributed by atoms with Gasteiger partial charge in [-0.1, -0.05) is 43.7 Å². The summed E-state index contributed by atoms with van der Waals surface area (Å²) in [5, 5.41) is 11.2. The molecule has 0 bridgehead atoms. The maximum atomic E-state index is 11.5. The summed E-state index contributed by atoms with van der Waals surface area (Å²) in [5.41, 5.74) is 7.17. The van der Waals surface area contributed by atoms with E-state index in [0.29, 0.717) is 6.54 Å². The van der Waals surface area contributed by atoms with Crippen LogP contribution in [0.25, 0.3) is 0 Å². The predicted octanol–water partition coefficient (Wildman–Crippen LogP) is 0.801. The van der Waals surface area contributed by atoms with E-state index in [1.807, 2.05) is 45.0 Å². The van der Waals surface area contributed by atoms with Gasteiger partial charge in [0, 0.05) is 12.0 Å². The first kappa shape index (κ1) is 15.2. The molecule has 0 aliphatic carbocycles. The number of benzene rings is 1. The van der Waals surface area contributed by atoms with Gasteiger partial charge >= 0.3 is 5.97 Å². The summed E-state index contributed by atoms with van der Waals surface area (Å²) < 4.78 is 0. The van der Waals surface area contributed by atoms with Gasteiger partial charge in [0.1, 0.15) is 0 Å². The average molecular weight is 264 g/mol. The molecule has 19 heavy (non-hydrogen) atoms. The normalized spacial score (nSPS) is 12.8. The third-order valence-corrected chi connectivity index (χ3v) is 3.05. The number of aryl methyl sites for hydroxylation is 1. The number of amides is 1. The number of aliphatic carboxylic acids is 1. The molecule has 4 N–H and O–H groups in total. The van der Waals surface area contributed by atoms with E-state index in [1.54, 1.807) is 0 Å². The van der Waals surface area contributed by atoms with Crippen LogP contribution >= 0.6 is 0 Å². The minimum absolute atomic E-state index is 0.292. The van der Waals surface area contributed by atoms with Crippen LogP contribution in [0.1, 0.15) is 25.0 Å². The summed E-state index contributed by atoms with van der Waals surface area (Å²) in [5.74, 6) is -2.00. The molecule has 1 aromatic rings. The molecule has 1 rings (SSSR count). The number of nitrogens with one attached hydrogen (secondary N) is 1. The smallest absolute Gasteiger partial charge is 0.330 e. The predicted molar refractivity (Wildman–Crippen MR) is 72.8 cm³/mol. The first-order valence-electron chi connectivity index (χ1n) is 6.07. The Labute approximate surface area is 112 Å². The standard InChI is InChI=1S/C14H20N2O3/c1-9-5-4-6-10(7-9)14(2,3)8-16-12(17)11(15)13(18)19/h4-7,11H,8,15H2,1-3H3,(H,16,17)(H,18,19). The van der Waals surface area contributed by atoms with Crippen molar-refractivity contribution in [1.82, 2.24) is 5.32 Å². The molecule has 0 heterocycles. The highest BCUT2D eigenvalue weighted by Gasteiger charge is 2.25. The molecule has 0 spiro atoms. The molecule has 0 fully saturated rings. The number of carboxylic acid groups (broad SMARTS) is 1. The van der Waals surface area contributed by atoms with E-state index in [0.717, 1.165) is 11.1 Å². The summed E-state index contributed by atoms with van der Waals surface area (Å²) in [6.45, 7) is 6.29. The van der Waals surface area contributed by atoms with Gasteiger partial charge in [0.25, 0.3) is 0 Å². The minimum atomic E-state index is -1.52. The lowest BCUT2D eigenvalue weighted by Crippen LogP contribution is -2.48. The summed E-state index contributed by atoms with van der Waals surface area (Å²) in [4.78, 5) is 22.1. The Bertz CT molecular complexity index is 483. The number of carbonyl (C=O) groups excluding carboxylic acids is 1. The molecule has 1 amide bonds. The Morgan fingerprint density at radius 3 is 2.58 bits per heavy atom. The number of hydrogen-bond acceptors (Lipinski definition) is 3. The van der Waals surface area contributed by atoms with Crippen molar-refractivity contribution in [3.8, 4) is 0 Å². The topological polar surface area (TPSA) is 92.4 Å². The molecule has 1 unspecified atom stereocenters. The highest BCUT2D eigenvalue weighted by molar-refractivity contribution is 6.00. The summed E-state index contributed by atoms with van der Waals surface area (Å²) in [7, 11) is 0. The molecule has 0 radical (unpaired) electrons. The largest absolute Gasteiger partial charge is 0.480 e. The van der Waals surface area contributed by atoms with Crippen LogP contribution in [0, 0.1) is 6.92 Å². The molecule has 0 aliphatic heterocycles. The third kappa shape index (κ3) is 4.06. The molecule has 0 aromatic heterocycles. The second-order valence-electron chi connectivity index (χ2n) is 5.29. The van der Waals surface area contributed by atoms with Gasteiger partial charge in [0.15, 0.2) is 6.04 Å². The highest BCUT2D eigenvalue weighted by atomic mass is 16.4. The van der Waals surface area contributed by atoms with Crippen molar-refractivity contribution in [2.24, 2.45) is 5.73 Å². The maximum absolute atomic E-state index is 11.5. The van der Waals surface area contributed by atoms with Crippen molar-refractivity contribution in [2.45, 2.75) is 32.2 Å². The molecule has 0 saturated heterocycles. The number of nitrogens with two attached hydrogens (primary N) is 1. The summed E-state index contributed by atoms with van der Waals surface area (Å²) in [6.07, 6.45) is 0. The zero-order chi connectivity index (χ0) is 14.6. The van der Waals surface area contributed by atoms with E-state index in [9.17, 15) is 9.59 Å². The highest BCUT2D eigenvalue weighted by Crippen LogP contribution is 2.22. The minimum Gasteiger partial charge on any atom is -0.480 e. The Kier molecular flexibility index (Phi) is 4.67. The van der Waals surface area contributed by atoms with Crippen molar-refractivity contribution in [2.75, 3.05) is 6.54 Å². The van der Waals surface area contributed by atoms with Gasteiger partial charge < -0.3 is 16.2 Å². The molecule has 0 saturated carbocycles. The van der Waals surface area contributed by atoms with E-state index >= 15 is 0 Å². The van der Waals surface area contributed by atoms with Crippen molar-refractivity contribution < 1.29 is 14.7 Å². The molecule has 5 heteroatoms. The van der Waals surface area contributed by atoms with Crippen LogP contribution in [0.5, 0.6) is 0 Å². The van der Waals surface area contributed by atoms with Crippen LogP contribution in [-0.2, 0) is 15.0 Å². The number of carboxylic acids is 1. The molecule has 5 nitrogen and oxygen atoms in total. The van der Waals surface area contributed by atoms with Gasteiger partial charge in [-0.25, -0.2) is 4.79 Å². The fraction of sp³-hybridized carbons (Fsp3) is 0.429. The van der Waals surface area contributed by atoms with Crippen molar-refractivity contribution >= 4 is 11.9 Å². The van der Waals surface area contributed by atoms with Crippen LogP contribution in [0.3, 0.4) is 0 Å². The Morgan fingerprint density at radius 1 is 1.42 bits per heavy atom. The number of hydrogen-bond donors (Lipinski definition) is 3. The molecular formula is C14H20N2O3.